The van der Waals surface area contributed by atoms with Crippen LogP contribution in [0, 0.1) is 0 Å². The van der Waals surface area contributed by atoms with Gasteiger partial charge in [0, 0.05) is 25.7 Å². The lowest BCUT2D eigenvalue weighted by Gasteiger charge is -2.35. The average molecular weight is 214 g/mol. The van der Waals surface area contributed by atoms with E-state index in [-0.39, 0.29) is 6.03 Å². The van der Waals surface area contributed by atoms with Gasteiger partial charge in [-0.1, -0.05) is 6.92 Å². The first-order valence-corrected chi connectivity index (χ1v) is 5.84. The van der Waals surface area contributed by atoms with Gasteiger partial charge in [0.25, 0.3) is 0 Å². The summed E-state index contributed by atoms with van der Waals surface area (Å²) in [5.41, 5.74) is 0. The van der Waals surface area contributed by atoms with Crippen LogP contribution < -0.4 is 0 Å². The van der Waals surface area contributed by atoms with Gasteiger partial charge in [-0.15, -0.1) is 0 Å². The second kappa shape index (κ2) is 5.95. The van der Waals surface area contributed by atoms with Crippen molar-refractivity contribution in [3.05, 3.63) is 0 Å². The fraction of sp³-hybridized carbons (Fsp3) is 0.909. The first-order chi connectivity index (χ1) is 7.20. The van der Waals surface area contributed by atoms with Gasteiger partial charge in [-0.05, 0) is 20.3 Å². The Bertz CT molecular complexity index is 203. The van der Waals surface area contributed by atoms with Crippen molar-refractivity contribution in [2.75, 3.05) is 32.8 Å². The van der Waals surface area contributed by atoms with Crippen molar-refractivity contribution in [1.82, 2.24) is 9.80 Å². The third-order valence-electron chi connectivity index (χ3n) is 2.99. The summed E-state index contributed by atoms with van der Waals surface area (Å²) in [6.07, 6.45) is 1.00. The number of carbonyl (C=O) groups excluding carboxylic acids is 1. The Morgan fingerprint density at radius 2 is 2.00 bits per heavy atom. The molecule has 0 N–H and O–H groups in total. The number of rotatable bonds is 3. The topological polar surface area (TPSA) is 32.8 Å². The summed E-state index contributed by atoms with van der Waals surface area (Å²) in [5.74, 6) is 0. The Labute approximate surface area is 92.2 Å². The maximum atomic E-state index is 12.1. The first-order valence-electron chi connectivity index (χ1n) is 5.84. The van der Waals surface area contributed by atoms with E-state index >= 15 is 0 Å². The molecule has 0 spiro atoms. The van der Waals surface area contributed by atoms with E-state index in [0.29, 0.717) is 19.3 Å². The highest BCUT2D eigenvalue weighted by atomic mass is 16.5. The van der Waals surface area contributed by atoms with Gasteiger partial charge in [0.2, 0.25) is 0 Å². The lowest BCUT2D eigenvalue weighted by atomic mass is 10.2. The summed E-state index contributed by atoms with van der Waals surface area (Å²) < 4.78 is 5.24. The molecule has 4 heteroatoms. The standard InChI is InChI=1S/C11H22N2O2/c1-4-10(3)13(5-2)11(14)12-6-8-15-9-7-12/h10H,4-9H2,1-3H3. The molecule has 0 aromatic rings. The van der Waals surface area contributed by atoms with E-state index in [4.69, 9.17) is 4.74 Å². The Hall–Kier alpha value is -0.770. The van der Waals surface area contributed by atoms with Crippen molar-refractivity contribution >= 4 is 6.03 Å². The predicted octanol–water partition coefficient (Wildman–Crippen LogP) is 1.56. The number of carbonyl (C=O) groups is 1. The smallest absolute Gasteiger partial charge is 0.320 e. The molecule has 0 aromatic carbocycles. The maximum absolute atomic E-state index is 12.1. The predicted molar refractivity (Wildman–Crippen MR) is 59.9 cm³/mol. The van der Waals surface area contributed by atoms with Gasteiger partial charge >= 0.3 is 6.03 Å². The number of hydrogen-bond donors (Lipinski definition) is 0. The zero-order valence-corrected chi connectivity index (χ0v) is 10.0. The van der Waals surface area contributed by atoms with Gasteiger partial charge in [-0.2, -0.15) is 0 Å². The molecule has 1 fully saturated rings. The molecule has 0 aliphatic carbocycles. The molecule has 1 rings (SSSR count). The van der Waals surface area contributed by atoms with E-state index in [2.05, 4.69) is 13.8 Å². The van der Waals surface area contributed by atoms with Gasteiger partial charge in [0.05, 0.1) is 13.2 Å². The second-order valence-corrected chi connectivity index (χ2v) is 3.93. The highest BCUT2D eigenvalue weighted by Crippen LogP contribution is 2.09. The highest BCUT2D eigenvalue weighted by Gasteiger charge is 2.24. The summed E-state index contributed by atoms with van der Waals surface area (Å²) in [6.45, 7) is 9.82. The molecular formula is C11H22N2O2. The van der Waals surface area contributed by atoms with E-state index < -0.39 is 0 Å². The van der Waals surface area contributed by atoms with Crippen molar-refractivity contribution in [3.63, 3.8) is 0 Å². The molecule has 1 atom stereocenters. The molecule has 1 aliphatic rings. The molecule has 1 saturated heterocycles. The molecule has 2 amide bonds. The van der Waals surface area contributed by atoms with Crippen LogP contribution in [-0.4, -0.2) is 54.7 Å². The van der Waals surface area contributed by atoms with Gasteiger partial charge in [0.1, 0.15) is 0 Å². The van der Waals surface area contributed by atoms with Crippen LogP contribution in [0.2, 0.25) is 0 Å². The fourth-order valence-corrected chi connectivity index (χ4v) is 1.79. The quantitative estimate of drug-likeness (QED) is 0.714. The van der Waals surface area contributed by atoms with Crippen LogP contribution in [0.1, 0.15) is 27.2 Å². The van der Waals surface area contributed by atoms with E-state index in [1.807, 2.05) is 16.7 Å². The third-order valence-corrected chi connectivity index (χ3v) is 2.99. The van der Waals surface area contributed by atoms with Crippen LogP contribution in [0.25, 0.3) is 0 Å². The molecule has 0 aromatic heterocycles. The minimum Gasteiger partial charge on any atom is -0.378 e. The molecule has 4 nitrogen and oxygen atoms in total. The molecule has 0 radical (unpaired) electrons. The maximum Gasteiger partial charge on any atom is 0.320 e. The molecule has 0 bridgehead atoms. The molecule has 0 saturated carbocycles. The lowest BCUT2D eigenvalue weighted by Crippen LogP contribution is -2.50. The van der Waals surface area contributed by atoms with E-state index in [1.165, 1.54) is 0 Å². The number of morpholine rings is 1. The van der Waals surface area contributed by atoms with Crippen LogP contribution in [0.3, 0.4) is 0 Å². The summed E-state index contributed by atoms with van der Waals surface area (Å²) >= 11 is 0. The molecular weight excluding hydrogens is 192 g/mol. The second-order valence-electron chi connectivity index (χ2n) is 3.93. The Kier molecular flexibility index (Phi) is 4.88. The minimum atomic E-state index is 0.162. The SMILES string of the molecule is CCC(C)N(CC)C(=O)N1CCOCC1. The molecule has 1 heterocycles. The molecule has 15 heavy (non-hydrogen) atoms. The Balaban J connectivity index is 2.54. The Morgan fingerprint density at radius 3 is 2.47 bits per heavy atom. The number of urea groups is 1. The molecule has 88 valence electrons. The van der Waals surface area contributed by atoms with Crippen molar-refractivity contribution < 1.29 is 9.53 Å². The number of amides is 2. The van der Waals surface area contributed by atoms with Crippen molar-refractivity contribution in [3.8, 4) is 0 Å². The highest BCUT2D eigenvalue weighted by molar-refractivity contribution is 5.74. The van der Waals surface area contributed by atoms with Gasteiger partial charge in [-0.3, -0.25) is 0 Å². The first kappa shape index (κ1) is 12.3. The average Bonchev–Trinajstić information content (AvgIpc) is 2.30. The van der Waals surface area contributed by atoms with Crippen LogP contribution >= 0.6 is 0 Å². The summed E-state index contributed by atoms with van der Waals surface area (Å²) in [4.78, 5) is 15.9. The monoisotopic (exact) mass is 214 g/mol. The van der Waals surface area contributed by atoms with Crippen molar-refractivity contribution in [2.24, 2.45) is 0 Å². The normalized spacial score (nSPS) is 18.7. The fourth-order valence-electron chi connectivity index (χ4n) is 1.79. The van der Waals surface area contributed by atoms with Gasteiger partial charge < -0.3 is 14.5 Å². The van der Waals surface area contributed by atoms with Crippen LogP contribution in [-0.2, 0) is 4.74 Å². The van der Waals surface area contributed by atoms with E-state index in [1.54, 1.807) is 0 Å². The zero-order chi connectivity index (χ0) is 11.3. The van der Waals surface area contributed by atoms with Crippen molar-refractivity contribution in [1.29, 1.82) is 0 Å². The lowest BCUT2D eigenvalue weighted by molar-refractivity contribution is 0.0403. The summed E-state index contributed by atoms with van der Waals surface area (Å²) in [5, 5.41) is 0. The number of nitrogens with zero attached hydrogens (tertiary/aromatic N) is 2. The van der Waals surface area contributed by atoms with Crippen LogP contribution in [0.15, 0.2) is 0 Å². The van der Waals surface area contributed by atoms with Crippen LogP contribution in [0.4, 0.5) is 4.79 Å². The summed E-state index contributed by atoms with van der Waals surface area (Å²) in [6, 6.07) is 0.487. The number of ether oxygens (including phenoxy) is 1. The van der Waals surface area contributed by atoms with Crippen LogP contribution in [0.5, 0.6) is 0 Å². The van der Waals surface area contributed by atoms with E-state index in [0.717, 1.165) is 26.1 Å². The number of hydrogen-bond acceptors (Lipinski definition) is 2. The Morgan fingerprint density at radius 1 is 1.40 bits per heavy atom. The van der Waals surface area contributed by atoms with Gasteiger partial charge in [0.15, 0.2) is 0 Å². The van der Waals surface area contributed by atoms with Crippen molar-refractivity contribution in [2.45, 2.75) is 33.2 Å². The van der Waals surface area contributed by atoms with Gasteiger partial charge in [-0.25, -0.2) is 4.79 Å². The molecule has 1 aliphatic heterocycles. The largest absolute Gasteiger partial charge is 0.378 e. The minimum absolute atomic E-state index is 0.162. The zero-order valence-electron chi connectivity index (χ0n) is 10.0. The van der Waals surface area contributed by atoms with E-state index in [9.17, 15) is 4.79 Å². The molecule has 1 unspecified atom stereocenters. The third kappa shape index (κ3) is 3.09. The summed E-state index contributed by atoms with van der Waals surface area (Å²) in [7, 11) is 0.